The zero-order chi connectivity index (χ0) is 13.0. The predicted octanol–water partition coefficient (Wildman–Crippen LogP) is 4.56. The number of rotatable bonds is 4. The monoisotopic (exact) mass is 306 g/mol. The van der Waals surface area contributed by atoms with Gasteiger partial charge in [0.25, 0.3) is 0 Å². The minimum Gasteiger partial charge on any atom is -0.462 e. The fourth-order valence-corrected chi connectivity index (χ4v) is 2.31. The molecule has 2 rings (SSSR count). The van der Waals surface area contributed by atoms with Crippen LogP contribution in [-0.2, 0) is 4.74 Å². The Labute approximate surface area is 115 Å². The smallest absolute Gasteiger partial charge is 0.338 e. The number of hydrogen-bond donors (Lipinski definition) is 0. The second-order valence-electron chi connectivity index (χ2n) is 4.13. The summed E-state index contributed by atoms with van der Waals surface area (Å²) in [6.07, 6.45) is 1.93. The van der Waals surface area contributed by atoms with E-state index in [4.69, 9.17) is 4.74 Å². The molecule has 0 spiro atoms. The molecule has 2 aromatic carbocycles. The molecule has 0 heterocycles. The average molecular weight is 307 g/mol. The number of carbonyl (C=O) groups is 1. The highest BCUT2D eigenvalue weighted by molar-refractivity contribution is 9.10. The Kier molecular flexibility index (Phi) is 4.37. The molecular weight excluding hydrogens is 292 g/mol. The quantitative estimate of drug-likeness (QED) is 0.611. The van der Waals surface area contributed by atoms with Gasteiger partial charge in [-0.05, 0) is 29.3 Å². The number of esters is 1. The number of fused-ring (bicyclic) bond motifs is 1. The third-order valence-electron chi connectivity index (χ3n) is 2.82. The van der Waals surface area contributed by atoms with Crippen LogP contribution in [0, 0.1) is 0 Å². The summed E-state index contributed by atoms with van der Waals surface area (Å²) in [4.78, 5) is 12.0. The molecule has 2 aromatic rings. The SMILES string of the molecule is CCCCOC(=O)c1ccc(Br)c2ccccc12. The number of unbranched alkanes of at least 4 members (excludes halogenated alkanes) is 1. The Hall–Kier alpha value is -1.35. The fraction of sp³-hybridized carbons (Fsp3) is 0.267. The molecule has 0 radical (unpaired) electrons. The van der Waals surface area contributed by atoms with E-state index in [2.05, 4.69) is 22.9 Å². The van der Waals surface area contributed by atoms with Crippen molar-refractivity contribution < 1.29 is 9.53 Å². The van der Waals surface area contributed by atoms with Crippen LogP contribution < -0.4 is 0 Å². The molecule has 0 aliphatic rings. The molecule has 0 aromatic heterocycles. The standard InChI is InChI=1S/C15H15BrO2/c1-2-3-10-18-15(17)13-8-9-14(16)12-7-5-4-6-11(12)13/h4-9H,2-3,10H2,1H3. The van der Waals surface area contributed by atoms with Gasteiger partial charge in [-0.2, -0.15) is 0 Å². The lowest BCUT2D eigenvalue weighted by Crippen LogP contribution is -2.07. The van der Waals surface area contributed by atoms with Crippen LogP contribution in [0.4, 0.5) is 0 Å². The molecule has 0 unspecified atom stereocenters. The number of hydrogen-bond acceptors (Lipinski definition) is 2. The Morgan fingerprint density at radius 3 is 2.61 bits per heavy atom. The van der Waals surface area contributed by atoms with Gasteiger partial charge in [0.05, 0.1) is 12.2 Å². The summed E-state index contributed by atoms with van der Waals surface area (Å²) in [7, 11) is 0. The summed E-state index contributed by atoms with van der Waals surface area (Å²) in [5.74, 6) is -0.243. The van der Waals surface area contributed by atoms with E-state index >= 15 is 0 Å². The average Bonchev–Trinajstić information content (AvgIpc) is 2.39. The summed E-state index contributed by atoms with van der Waals surface area (Å²) in [5.41, 5.74) is 0.630. The first kappa shape index (κ1) is 13.1. The van der Waals surface area contributed by atoms with E-state index in [-0.39, 0.29) is 5.97 Å². The molecule has 2 nitrogen and oxygen atoms in total. The van der Waals surface area contributed by atoms with E-state index in [0.717, 1.165) is 28.1 Å². The van der Waals surface area contributed by atoms with Gasteiger partial charge >= 0.3 is 5.97 Å². The molecule has 0 atom stereocenters. The van der Waals surface area contributed by atoms with Gasteiger partial charge < -0.3 is 4.74 Å². The molecular formula is C15H15BrO2. The number of carbonyl (C=O) groups excluding carboxylic acids is 1. The van der Waals surface area contributed by atoms with E-state index in [1.807, 2.05) is 30.3 Å². The molecule has 0 fully saturated rings. The Morgan fingerprint density at radius 1 is 1.17 bits per heavy atom. The first-order valence-corrected chi connectivity index (χ1v) is 6.87. The van der Waals surface area contributed by atoms with Crippen LogP contribution >= 0.6 is 15.9 Å². The summed E-state index contributed by atoms with van der Waals surface area (Å²) in [6, 6.07) is 11.5. The molecule has 94 valence electrons. The molecule has 0 aliphatic carbocycles. The third-order valence-corrected chi connectivity index (χ3v) is 3.51. The number of benzene rings is 2. The Balaban J connectivity index is 2.33. The van der Waals surface area contributed by atoms with E-state index in [1.54, 1.807) is 6.07 Å². The summed E-state index contributed by atoms with van der Waals surface area (Å²) >= 11 is 3.49. The van der Waals surface area contributed by atoms with Crippen LogP contribution in [0.5, 0.6) is 0 Å². The van der Waals surface area contributed by atoms with Gasteiger partial charge in [0.15, 0.2) is 0 Å². The molecule has 0 aliphatic heterocycles. The molecule has 18 heavy (non-hydrogen) atoms. The first-order valence-electron chi connectivity index (χ1n) is 6.08. The zero-order valence-electron chi connectivity index (χ0n) is 10.3. The van der Waals surface area contributed by atoms with Gasteiger partial charge in [-0.25, -0.2) is 4.79 Å². The maximum absolute atomic E-state index is 12.0. The lowest BCUT2D eigenvalue weighted by atomic mass is 10.0. The highest BCUT2D eigenvalue weighted by atomic mass is 79.9. The number of ether oxygens (including phenoxy) is 1. The minimum absolute atomic E-state index is 0.243. The topological polar surface area (TPSA) is 26.3 Å². The van der Waals surface area contributed by atoms with E-state index < -0.39 is 0 Å². The largest absolute Gasteiger partial charge is 0.462 e. The van der Waals surface area contributed by atoms with Crippen molar-refractivity contribution in [1.82, 2.24) is 0 Å². The molecule has 0 N–H and O–H groups in total. The van der Waals surface area contributed by atoms with Crippen LogP contribution in [0.1, 0.15) is 30.1 Å². The molecule has 0 bridgehead atoms. The summed E-state index contributed by atoms with van der Waals surface area (Å²) in [5, 5.41) is 1.95. The van der Waals surface area contributed by atoms with Gasteiger partial charge in [-0.1, -0.05) is 53.5 Å². The van der Waals surface area contributed by atoms with Gasteiger partial charge in [0.2, 0.25) is 0 Å². The Morgan fingerprint density at radius 2 is 1.89 bits per heavy atom. The van der Waals surface area contributed by atoms with Crippen molar-refractivity contribution in [3.63, 3.8) is 0 Å². The normalized spacial score (nSPS) is 10.6. The van der Waals surface area contributed by atoms with Crippen LogP contribution in [0.2, 0.25) is 0 Å². The van der Waals surface area contributed by atoms with E-state index in [1.165, 1.54) is 0 Å². The van der Waals surface area contributed by atoms with Crippen molar-refractivity contribution in [2.45, 2.75) is 19.8 Å². The number of halogens is 1. The second-order valence-corrected chi connectivity index (χ2v) is 4.98. The van der Waals surface area contributed by atoms with Crippen molar-refractivity contribution in [3.05, 3.63) is 46.4 Å². The van der Waals surface area contributed by atoms with Crippen molar-refractivity contribution in [3.8, 4) is 0 Å². The van der Waals surface area contributed by atoms with Crippen molar-refractivity contribution >= 4 is 32.7 Å². The van der Waals surface area contributed by atoms with Crippen molar-refractivity contribution in [2.75, 3.05) is 6.61 Å². The highest BCUT2D eigenvalue weighted by Crippen LogP contribution is 2.27. The van der Waals surface area contributed by atoms with Crippen LogP contribution in [0.3, 0.4) is 0 Å². The summed E-state index contributed by atoms with van der Waals surface area (Å²) in [6.45, 7) is 2.56. The summed E-state index contributed by atoms with van der Waals surface area (Å²) < 4.78 is 6.25. The Bertz CT molecular complexity index is 563. The van der Waals surface area contributed by atoms with Gasteiger partial charge in [0, 0.05) is 4.47 Å². The van der Waals surface area contributed by atoms with Crippen LogP contribution in [0.15, 0.2) is 40.9 Å². The predicted molar refractivity (Wildman–Crippen MR) is 76.8 cm³/mol. The van der Waals surface area contributed by atoms with E-state index in [9.17, 15) is 4.79 Å². The molecule has 0 saturated heterocycles. The maximum atomic E-state index is 12.0. The van der Waals surface area contributed by atoms with Crippen molar-refractivity contribution in [1.29, 1.82) is 0 Å². The van der Waals surface area contributed by atoms with Gasteiger partial charge in [0.1, 0.15) is 0 Å². The molecule has 3 heteroatoms. The zero-order valence-corrected chi connectivity index (χ0v) is 11.9. The highest BCUT2D eigenvalue weighted by Gasteiger charge is 2.12. The van der Waals surface area contributed by atoms with Gasteiger partial charge in [-0.3, -0.25) is 0 Å². The van der Waals surface area contributed by atoms with Gasteiger partial charge in [-0.15, -0.1) is 0 Å². The fourth-order valence-electron chi connectivity index (χ4n) is 1.83. The first-order chi connectivity index (χ1) is 8.74. The lowest BCUT2D eigenvalue weighted by molar-refractivity contribution is 0.0502. The lowest BCUT2D eigenvalue weighted by Gasteiger charge is -2.08. The van der Waals surface area contributed by atoms with E-state index in [0.29, 0.717) is 12.2 Å². The second kappa shape index (κ2) is 6.01. The maximum Gasteiger partial charge on any atom is 0.338 e. The van der Waals surface area contributed by atoms with Crippen LogP contribution in [0.25, 0.3) is 10.8 Å². The molecule has 0 amide bonds. The van der Waals surface area contributed by atoms with Crippen LogP contribution in [-0.4, -0.2) is 12.6 Å². The molecule has 0 saturated carbocycles. The van der Waals surface area contributed by atoms with Crippen molar-refractivity contribution in [2.24, 2.45) is 0 Å². The third kappa shape index (κ3) is 2.72. The minimum atomic E-state index is -0.243.